The van der Waals surface area contributed by atoms with Crippen LogP contribution in [-0.4, -0.2) is 18.0 Å². The Morgan fingerprint density at radius 2 is 2.25 bits per heavy atom. The molecule has 0 saturated heterocycles. The van der Waals surface area contributed by atoms with Gasteiger partial charge < -0.3 is 0 Å². The predicted molar refractivity (Wildman–Crippen MR) is 43.9 cm³/mol. The number of hydrogen-bond acceptors (Lipinski definition) is 2. The van der Waals surface area contributed by atoms with Gasteiger partial charge in [-0.05, 0) is 0 Å². The van der Waals surface area contributed by atoms with Gasteiger partial charge in [-0.3, -0.25) is 0 Å². The van der Waals surface area contributed by atoms with Crippen molar-refractivity contribution >= 4 is 11.6 Å². The molecule has 0 radical (unpaired) electrons. The number of rotatable bonds is 2. The summed E-state index contributed by atoms with van der Waals surface area (Å²) in [6, 6.07) is 0. The summed E-state index contributed by atoms with van der Waals surface area (Å²) >= 11 is 5.78. The van der Waals surface area contributed by atoms with Crippen molar-refractivity contribution < 1.29 is 26.6 Å². The summed E-state index contributed by atoms with van der Waals surface area (Å²) in [4.78, 5) is 2.08. The van der Waals surface area contributed by atoms with E-state index in [1.54, 1.807) is 6.92 Å². The Morgan fingerprint density at radius 1 is 1.67 bits per heavy atom. The van der Waals surface area contributed by atoms with Crippen LogP contribution in [0.3, 0.4) is 0 Å². The van der Waals surface area contributed by atoms with Crippen molar-refractivity contribution in [3.63, 3.8) is 0 Å². The van der Waals surface area contributed by atoms with Gasteiger partial charge in [-0.1, -0.05) is 0 Å². The van der Waals surface area contributed by atoms with E-state index < -0.39 is 6.10 Å². The van der Waals surface area contributed by atoms with E-state index in [4.69, 9.17) is 11.6 Å². The Morgan fingerprint density at radius 3 is 2.58 bits per heavy atom. The van der Waals surface area contributed by atoms with E-state index >= 15 is 0 Å². The normalized spacial score (nSPS) is 13.8. The summed E-state index contributed by atoms with van der Waals surface area (Å²) in [7, 11) is 0. The van der Waals surface area contributed by atoms with Gasteiger partial charge >= 0.3 is 87.5 Å². The van der Waals surface area contributed by atoms with E-state index in [1.165, 1.54) is 0 Å². The van der Waals surface area contributed by atoms with Crippen LogP contribution in [-0.2, 0) is 0 Å². The molecule has 0 aromatic carbocycles. The number of alkyl halides is 1. The monoisotopic (exact) mass is 301 g/mol. The van der Waals surface area contributed by atoms with Gasteiger partial charge in [0.25, 0.3) is 0 Å². The fourth-order valence-corrected chi connectivity index (χ4v) is 3.08. The summed E-state index contributed by atoms with van der Waals surface area (Å²) in [6.45, 7) is 3.56. The second-order valence-electron chi connectivity index (χ2n) is 2.49. The predicted octanol–water partition coefficient (Wildman–Crippen LogP) is -1.62. The maximum absolute atomic E-state index is 9.40. The molecular weight excluding hydrogens is 290 g/mol. The van der Waals surface area contributed by atoms with Crippen molar-refractivity contribution in [1.29, 1.82) is 0 Å². The van der Waals surface area contributed by atoms with Crippen LogP contribution in [0, 0.1) is 6.92 Å². The Balaban J connectivity index is 3.21. The van der Waals surface area contributed by atoms with Gasteiger partial charge in [0, 0.05) is 0 Å². The van der Waals surface area contributed by atoms with Gasteiger partial charge in [-0.15, -0.1) is 0 Å². The summed E-state index contributed by atoms with van der Waals surface area (Å²) in [5, 5.41) is 14.2. The molecule has 0 bridgehead atoms. The first kappa shape index (κ1) is 10.3. The molecule has 0 aliphatic carbocycles. The average molecular weight is 302 g/mol. The van der Waals surface area contributed by atoms with Crippen LogP contribution in [0.25, 0.3) is 0 Å². The standard InChI is InChI=1S/C7H11ClIN2O/c1-4-6(8)7(5(2)12)11(9-3)10-4/h5,12H,1-3H3/q-1. The zero-order valence-corrected chi connectivity index (χ0v) is 10.1. The molecule has 5 heteroatoms. The summed E-state index contributed by atoms with van der Waals surface area (Å²) in [5.74, 6) is 0. The van der Waals surface area contributed by atoms with Crippen LogP contribution in [0.2, 0.25) is 5.02 Å². The molecule has 1 unspecified atom stereocenters. The molecule has 1 heterocycles. The second-order valence-corrected chi connectivity index (χ2v) is 4.75. The molecule has 0 saturated carbocycles. The van der Waals surface area contributed by atoms with Crippen LogP contribution in [0.4, 0.5) is 0 Å². The van der Waals surface area contributed by atoms with Crippen LogP contribution in [0.1, 0.15) is 24.4 Å². The molecule has 1 aromatic rings. The minimum absolute atomic E-state index is 0.181. The van der Waals surface area contributed by atoms with E-state index in [0.29, 0.717) is 5.02 Å². The van der Waals surface area contributed by atoms with Crippen molar-refractivity contribution in [3.8, 4) is 0 Å². The van der Waals surface area contributed by atoms with Crippen molar-refractivity contribution in [3.05, 3.63) is 16.4 Å². The zero-order valence-electron chi connectivity index (χ0n) is 7.17. The molecule has 3 nitrogen and oxygen atoms in total. The number of aromatic nitrogens is 2. The fraction of sp³-hybridized carbons (Fsp3) is 0.571. The number of aryl methyl sites for hydroxylation is 1. The molecule has 0 amide bonds. The second kappa shape index (κ2) is 3.93. The van der Waals surface area contributed by atoms with E-state index in [0.717, 1.165) is 11.4 Å². The van der Waals surface area contributed by atoms with Gasteiger partial charge in [-0.2, -0.15) is 0 Å². The quantitative estimate of drug-likeness (QED) is 0.527. The molecule has 0 fully saturated rings. The molecule has 0 aliphatic rings. The van der Waals surface area contributed by atoms with Gasteiger partial charge in [0.05, 0.1) is 0 Å². The van der Waals surface area contributed by atoms with Crippen LogP contribution in [0.15, 0.2) is 0 Å². The van der Waals surface area contributed by atoms with Crippen LogP contribution < -0.4 is 21.5 Å². The van der Waals surface area contributed by atoms with Crippen LogP contribution in [0.5, 0.6) is 0 Å². The third-order valence-electron chi connectivity index (χ3n) is 1.53. The topological polar surface area (TPSA) is 38.0 Å². The third kappa shape index (κ3) is 1.75. The Kier molecular flexibility index (Phi) is 3.37. The minimum atomic E-state index is -0.529. The average Bonchev–Trinajstić information content (AvgIpc) is 2.28. The molecule has 1 aromatic heterocycles. The Labute approximate surface area is 87.3 Å². The fourth-order valence-electron chi connectivity index (χ4n) is 0.962. The molecule has 1 atom stereocenters. The number of aliphatic hydroxyl groups is 1. The summed E-state index contributed by atoms with van der Waals surface area (Å²) in [5.41, 5.74) is 1.55. The Bertz CT molecular complexity index is 285. The SMILES string of the molecule is C[I-]n1nc(C)c(Cl)c1C(C)O. The van der Waals surface area contributed by atoms with Gasteiger partial charge in [0.2, 0.25) is 0 Å². The molecule has 1 rings (SSSR count). The van der Waals surface area contributed by atoms with Crippen molar-refractivity contribution in [2.45, 2.75) is 20.0 Å². The molecule has 70 valence electrons. The number of halogens is 2. The third-order valence-corrected chi connectivity index (χ3v) is 3.65. The first-order chi connectivity index (χ1) is 5.57. The van der Waals surface area contributed by atoms with Crippen molar-refractivity contribution in [1.82, 2.24) is 7.99 Å². The maximum atomic E-state index is 9.40. The number of aliphatic hydroxyl groups excluding tert-OH is 1. The molecule has 12 heavy (non-hydrogen) atoms. The summed E-state index contributed by atoms with van der Waals surface area (Å²) in [6.07, 6.45) is -0.529. The van der Waals surface area contributed by atoms with E-state index in [-0.39, 0.29) is 21.5 Å². The number of hydrogen-bond donors (Lipinski definition) is 1. The Hall–Kier alpha value is 0.190. The van der Waals surface area contributed by atoms with E-state index in [2.05, 4.69) is 10.0 Å². The zero-order chi connectivity index (χ0) is 9.30. The van der Waals surface area contributed by atoms with Crippen molar-refractivity contribution in [2.24, 2.45) is 0 Å². The van der Waals surface area contributed by atoms with E-state index in [1.807, 2.05) is 9.82 Å². The first-order valence-electron chi connectivity index (χ1n) is 3.51. The molecular formula is C7H11ClIN2O-. The number of nitrogens with zero attached hydrogens (tertiary/aromatic N) is 2. The molecule has 0 aliphatic heterocycles. The van der Waals surface area contributed by atoms with Gasteiger partial charge in [-0.25, -0.2) is 0 Å². The van der Waals surface area contributed by atoms with Crippen molar-refractivity contribution in [2.75, 3.05) is 4.93 Å². The van der Waals surface area contributed by atoms with E-state index in [9.17, 15) is 5.11 Å². The molecule has 1 N–H and O–H groups in total. The molecule has 0 spiro atoms. The van der Waals surface area contributed by atoms with Gasteiger partial charge in [0.1, 0.15) is 0 Å². The first-order valence-corrected chi connectivity index (χ1v) is 7.01. The van der Waals surface area contributed by atoms with Gasteiger partial charge in [0.15, 0.2) is 0 Å². The summed E-state index contributed by atoms with van der Waals surface area (Å²) < 4.78 is 1.83. The van der Waals surface area contributed by atoms with Crippen LogP contribution >= 0.6 is 11.6 Å².